The van der Waals surface area contributed by atoms with Crippen molar-refractivity contribution < 1.29 is 14.3 Å². The van der Waals surface area contributed by atoms with Crippen molar-refractivity contribution in [3.05, 3.63) is 78.4 Å². The Balaban J connectivity index is 1.74. The minimum Gasteiger partial charge on any atom is -0.493 e. The van der Waals surface area contributed by atoms with Gasteiger partial charge in [-0.05, 0) is 42.3 Å². The highest BCUT2D eigenvalue weighted by molar-refractivity contribution is 6.04. The molecule has 0 spiro atoms. The van der Waals surface area contributed by atoms with Crippen molar-refractivity contribution in [3.63, 3.8) is 0 Å². The van der Waals surface area contributed by atoms with E-state index in [1.165, 1.54) is 0 Å². The van der Waals surface area contributed by atoms with Gasteiger partial charge in [-0.3, -0.25) is 4.79 Å². The van der Waals surface area contributed by atoms with E-state index in [2.05, 4.69) is 5.32 Å². The van der Waals surface area contributed by atoms with Crippen LogP contribution in [0.25, 0.3) is 11.1 Å². The summed E-state index contributed by atoms with van der Waals surface area (Å²) in [6, 6.07) is 22.9. The Morgan fingerprint density at radius 1 is 0.885 bits per heavy atom. The van der Waals surface area contributed by atoms with E-state index in [4.69, 9.17) is 9.47 Å². The molecule has 0 aliphatic carbocycles. The number of carbonyl (C=O) groups excluding carboxylic acids is 1. The molecule has 3 aromatic carbocycles. The van der Waals surface area contributed by atoms with Crippen molar-refractivity contribution in [1.82, 2.24) is 0 Å². The van der Waals surface area contributed by atoms with Crippen LogP contribution in [0.4, 0.5) is 5.69 Å². The molecule has 0 aliphatic rings. The molecule has 0 aromatic heterocycles. The number of rotatable bonds is 6. The minimum absolute atomic E-state index is 0.171. The second-order valence-electron chi connectivity index (χ2n) is 5.70. The van der Waals surface area contributed by atoms with E-state index in [0.29, 0.717) is 29.4 Å². The van der Waals surface area contributed by atoms with Gasteiger partial charge >= 0.3 is 0 Å². The summed E-state index contributed by atoms with van der Waals surface area (Å²) >= 11 is 0. The van der Waals surface area contributed by atoms with Crippen LogP contribution in [0.1, 0.15) is 17.3 Å². The Morgan fingerprint density at radius 3 is 2.23 bits per heavy atom. The number of ether oxygens (including phenoxy) is 2. The van der Waals surface area contributed by atoms with Crippen LogP contribution in [0.2, 0.25) is 0 Å². The van der Waals surface area contributed by atoms with Gasteiger partial charge in [0.2, 0.25) is 0 Å². The van der Waals surface area contributed by atoms with E-state index in [-0.39, 0.29) is 5.91 Å². The summed E-state index contributed by atoms with van der Waals surface area (Å²) < 4.78 is 10.8. The first-order chi connectivity index (χ1) is 12.7. The molecular formula is C22H21NO3. The molecular weight excluding hydrogens is 326 g/mol. The zero-order valence-corrected chi connectivity index (χ0v) is 14.9. The molecule has 132 valence electrons. The van der Waals surface area contributed by atoms with Gasteiger partial charge in [0.15, 0.2) is 11.5 Å². The van der Waals surface area contributed by atoms with Crippen LogP contribution in [0.5, 0.6) is 11.5 Å². The first-order valence-electron chi connectivity index (χ1n) is 8.49. The van der Waals surface area contributed by atoms with Crippen molar-refractivity contribution in [3.8, 4) is 22.6 Å². The lowest BCUT2D eigenvalue weighted by Crippen LogP contribution is -2.11. The second-order valence-corrected chi connectivity index (χ2v) is 5.70. The quantitative estimate of drug-likeness (QED) is 0.681. The highest BCUT2D eigenvalue weighted by Crippen LogP contribution is 2.30. The molecule has 0 unspecified atom stereocenters. The van der Waals surface area contributed by atoms with Gasteiger partial charge in [0.05, 0.1) is 13.7 Å². The maximum absolute atomic E-state index is 12.5. The zero-order valence-electron chi connectivity index (χ0n) is 14.9. The zero-order chi connectivity index (χ0) is 18.4. The molecule has 26 heavy (non-hydrogen) atoms. The number of nitrogens with one attached hydrogen (secondary N) is 1. The Hall–Kier alpha value is -3.27. The van der Waals surface area contributed by atoms with Gasteiger partial charge in [0.25, 0.3) is 5.91 Å². The lowest BCUT2D eigenvalue weighted by Gasteiger charge is -2.12. The Morgan fingerprint density at radius 2 is 1.58 bits per heavy atom. The molecule has 0 aliphatic heterocycles. The van der Waals surface area contributed by atoms with Crippen LogP contribution in [-0.2, 0) is 0 Å². The maximum Gasteiger partial charge on any atom is 0.255 e. The van der Waals surface area contributed by atoms with Gasteiger partial charge in [0.1, 0.15) is 0 Å². The first kappa shape index (κ1) is 17.5. The third-order valence-electron chi connectivity index (χ3n) is 3.98. The first-order valence-corrected chi connectivity index (χ1v) is 8.49. The van der Waals surface area contributed by atoms with Gasteiger partial charge in [-0.1, -0.05) is 42.5 Å². The third-order valence-corrected chi connectivity index (χ3v) is 3.98. The van der Waals surface area contributed by atoms with E-state index < -0.39 is 0 Å². The molecule has 4 heteroatoms. The van der Waals surface area contributed by atoms with E-state index in [0.717, 1.165) is 11.1 Å². The van der Waals surface area contributed by atoms with E-state index >= 15 is 0 Å². The predicted octanol–water partition coefficient (Wildman–Crippen LogP) is 5.01. The molecule has 1 N–H and O–H groups in total. The summed E-state index contributed by atoms with van der Waals surface area (Å²) in [4.78, 5) is 12.5. The van der Waals surface area contributed by atoms with Crippen molar-refractivity contribution in [2.45, 2.75) is 6.92 Å². The van der Waals surface area contributed by atoms with Crippen molar-refractivity contribution in [1.29, 1.82) is 0 Å². The fourth-order valence-electron chi connectivity index (χ4n) is 2.67. The summed E-state index contributed by atoms with van der Waals surface area (Å²) in [6.45, 7) is 2.46. The highest BCUT2D eigenvalue weighted by atomic mass is 16.5. The normalized spacial score (nSPS) is 10.2. The lowest BCUT2D eigenvalue weighted by atomic mass is 10.0. The number of hydrogen-bond acceptors (Lipinski definition) is 3. The summed E-state index contributed by atoms with van der Waals surface area (Å²) in [5, 5.41) is 2.89. The van der Waals surface area contributed by atoms with Gasteiger partial charge in [-0.25, -0.2) is 0 Å². The Bertz CT molecular complexity index is 874. The van der Waals surface area contributed by atoms with Gasteiger partial charge in [-0.2, -0.15) is 0 Å². The number of hydrogen-bond donors (Lipinski definition) is 1. The Labute approximate surface area is 153 Å². The molecule has 0 radical (unpaired) electrons. The summed E-state index contributed by atoms with van der Waals surface area (Å²) in [5.41, 5.74) is 3.44. The number of anilines is 1. The molecule has 4 nitrogen and oxygen atoms in total. The third kappa shape index (κ3) is 4.03. The average Bonchev–Trinajstić information content (AvgIpc) is 2.70. The van der Waals surface area contributed by atoms with Gasteiger partial charge in [-0.15, -0.1) is 0 Å². The number of benzene rings is 3. The lowest BCUT2D eigenvalue weighted by molar-refractivity contribution is 0.102. The summed E-state index contributed by atoms with van der Waals surface area (Å²) in [6.07, 6.45) is 0. The highest BCUT2D eigenvalue weighted by Gasteiger charge is 2.10. The SMILES string of the molecule is CCOc1ccc(NC(=O)c2ccc(-c3ccccc3)cc2)cc1OC. The minimum atomic E-state index is -0.171. The van der Waals surface area contributed by atoms with Gasteiger partial charge in [0, 0.05) is 17.3 Å². The molecule has 3 aromatic rings. The van der Waals surface area contributed by atoms with Crippen LogP contribution in [-0.4, -0.2) is 19.6 Å². The monoisotopic (exact) mass is 347 g/mol. The molecule has 0 saturated carbocycles. The molecule has 3 rings (SSSR count). The van der Waals surface area contributed by atoms with Crippen LogP contribution in [0.3, 0.4) is 0 Å². The topological polar surface area (TPSA) is 47.6 Å². The molecule has 1 amide bonds. The van der Waals surface area contributed by atoms with Crippen LogP contribution >= 0.6 is 0 Å². The molecule has 0 heterocycles. The van der Waals surface area contributed by atoms with Crippen LogP contribution in [0, 0.1) is 0 Å². The second kappa shape index (κ2) is 8.21. The standard InChI is InChI=1S/C22H21NO3/c1-3-26-20-14-13-19(15-21(20)25-2)23-22(24)18-11-9-17(10-12-18)16-7-5-4-6-8-16/h4-15H,3H2,1-2H3,(H,23,24). The summed E-state index contributed by atoms with van der Waals surface area (Å²) in [7, 11) is 1.58. The van der Waals surface area contributed by atoms with E-state index in [1.54, 1.807) is 25.3 Å². The fraction of sp³-hybridized carbons (Fsp3) is 0.136. The van der Waals surface area contributed by atoms with Gasteiger partial charge < -0.3 is 14.8 Å². The van der Waals surface area contributed by atoms with E-state index in [1.807, 2.05) is 61.5 Å². The van der Waals surface area contributed by atoms with Crippen molar-refractivity contribution in [2.75, 3.05) is 19.0 Å². The Kier molecular flexibility index (Phi) is 5.54. The maximum atomic E-state index is 12.5. The number of amides is 1. The van der Waals surface area contributed by atoms with Crippen molar-refractivity contribution in [2.24, 2.45) is 0 Å². The molecule has 0 fully saturated rings. The van der Waals surface area contributed by atoms with Crippen LogP contribution < -0.4 is 14.8 Å². The number of methoxy groups -OCH3 is 1. The van der Waals surface area contributed by atoms with Crippen LogP contribution in [0.15, 0.2) is 72.8 Å². The molecule has 0 bridgehead atoms. The molecule has 0 saturated heterocycles. The van der Waals surface area contributed by atoms with E-state index in [9.17, 15) is 4.79 Å². The predicted molar refractivity (Wildman–Crippen MR) is 104 cm³/mol. The molecule has 0 atom stereocenters. The van der Waals surface area contributed by atoms with Crippen molar-refractivity contribution >= 4 is 11.6 Å². The smallest absolute Gasteiger partial charge is 0.255 e. The number of carbonyl (C=O) groups is 1. The largest absolute Gasteiger partial charge is 0.493 e. The average molecular weight is 347 g/mol. The fourth-order valence-corrected chi connectivity index (χ4v) is 2.67. The summed E-state index contributed by atoms with van der Waals surface area (Å²) in [5.74, 6) is 1.07.